The Balaban J connectivity index is 1.69. The lowest BCUT2D eigenvalue weighted by Crippen LogP contribution is -2.46. The van der Waals surface area contributed by atoms with E-state index < -0.39 is 0 Å². The maximum absolute atomic E-state index is 5.76. The highest BCUT2D eigenvalue weighted by molar-refractivity contribution is 5.26. The molecule has 0 unspecified atom stereocenters. The van der Waals surface area contributed by atoms with E-state index in [-0.39, 0.29) is 0 Å². The third-order valence-electron chi connectivity index (χ3n) is 6.33. The van der Waals surface area contributed by atoms with Crippen LogP contribution < -0.4 is 5.73 Å². The normalized spacial score (nSPS) is 38.6. The number of nitrogens with zero attached hydrogens (tertiary/aromatic N) is 2. The average Bonchev–Trinajstić information content (AvgIpc) is 2.66. The van der Waals surface area contributed by atoms with Crippen LogP contribution in [0.25, 0.3) is 0 Å². The van der Waals surface area contributed by atoms with Gasteiger partial charge in [0, 0.05) is 5.69 Å². The van der Waals surface area contributed by atoms with Crippen molar-refractivity contribution in [2.24, 2.45) is 29.4 Å². The predicted octanol–water partition coefficient (Wildman–Crippen LogP) is 3.00. The Labute approximate surface area is 121 Å². The van der Waals surface area contributed by atoms with Crippen molar-refractivity contribution in [3.63, 3.8) is 0 Å². The van der Waals surface area contributed by atoms with Gasteiger partial charge in [-0.05, 0) is 88.2 Å². The maximum atomic E-state index is 5.76. The summed E-state index contributed by atoms with van der Waals surface area (Å²) in [4.78, 5) is 0. The highest BCUT2D eigenvalue weighted by Gasteiger charge is 2.49. The Morgan fingerprint density at radius 1 is 1.05 bits per heavy atom. The summed E-state index contributed by atoms with van der Waals surface area (Å²) in [7, 11) is 0. The number of aryl methyl sites for hydroxylation is 1. The van der Waals surface area contributed by atoms with Crippen molar-refractivity contribution >= 4 is 0 Å². The molecule has 2 N–H and O–H groups in total. The molecule has 3 nitrogen and oxygen atoms in total. The van der Waals surface area contributed by atoms with Gasteiger partial charge in [-0.2, -0.15) is 5.10 Å². The van der Waals surface area contributed by atoms with E-state index in [0.29, 0.717) is 6.04 Å². The van der Waals surface area contributed by atoms with E-state index in [1.807, 2.05) is 0 Å². The van der Waals surface area contributed by atoms with E-state index in [0.717, 1.165) is 36.6 Å². The molecule has 0 saturated heterocycles. The molecule has 0 radical (unpaired) electrons. The smallest absolute Gasteiger partial charge is 0.0629 e. The molecule has 1 aromatic heterocycles. The van der Waals surface area contributed by atoms with Crippen LogP contribution in [0.1, 0.15) is 55.1 Å². The molecule has 0 aromatic carbocycles. The average molecular weight is 273 g/mol. The highest BCUT2D eigenvalue weighted by atomic mass is 15.3. The van der Waals surface area contributed by atoms with Crippen molar-refractivity contribution in [1.82, 2.24) is 9.78 Å². The van der Waals surface area contributed by atoms with Crippen LogP contribution >= 0.6 is 0 Å². The minimum Gasteiger partial charge on any atom is -0.330 e. The Bertz CT molecular complexity index is 489. The molecule has 110 valence electrons. The Morgan fingerprint density at radius 3 is 2.20 bits per heavy atom. The monoisotopic (exact) mass is 273 g/mol. The van der Waals surface area contributed by atoms with Crippen molar-refractivity contribution in [1.29, 1.82) is 0 Å². The Hall–Kier alpha value is -0.830. The first-order valence-corrected chi connectivity index (χ1v) is 8.42. The number of hydrogen-bond donors (Lipinski definition) is 1. The molecule has 1 heterocycles. The van der Waals surface area contributed by atoms with Crippen molar-refractivity contribution in [2.75, 3.05) is 6.54 Å². The van der Waals surface area contributed by atoms with Crippen molar-refractivity contribution in [3.05, 3.63) is 17.0 Å². The number of hydrogen-bond acceptors (Lipinski definition) is 2. The van der Waals surface area contributed by atoms with Gasteiger partial charge in [0.1, 0.15) is 0 Å². The Kier molecular flexibility index (Phi) is 2.95. The van der Waals surface area contributed by atoms with Crippen LogP contribution in [-0.4, -0.2) is 16.3 Å². The molecule has 4 aliphatic carbocycles. The van der Waals surface area contributed by atoms with Crippen LogP contribution in [0, 0.1) is 37.5 Å². The number of aromatic nitrogens is 2. The van der Waals surface area contributed by atoms with Gasteiger partial charge in [0.05, 0.1) is 11.7 Å². The van der Waals surface area contributed by atoms with E-state index in [1.165, 1.54) is 49.1 Å². The van der Waals surface area contributed by atoms with Crippen LogP contribution in [-0.2, 0) is 6.42 Å². The van der Waals surface area contributed by atoms with Crippen LogP contribution in [0.4, 0.5) is 0 Å². The molecule has 4 aliphatic rings. The van der Waals surface area contributed by atoms with Gasteiger partial charge in [0.2, 0.25) is 0 Å². The van der Waals surface area contributed by atoms with Gasteiger partial charge in [0.15, 0.2) is 0 Å². The van der Waals surface area contributed by atoms with Crippen LogP contribution in [0.3, 0.4) is 0 Å². The van der Waals surface area contributed by atoms with Crippen LogP contribution in [0.2, 0.25) is 0 Å². The van der Waals surface area contributed by atoms with E-state index in [4.69, 9.17) is 10.8 Å². The molecule has 4 saturated carbocycles. The van der Waals surface area contributed by atoms with Crippen molar-refractivity contribution in [2.45, 2.75) is 58.4 Å². The molecular formula is C17H27N3. The molecule has 0 aliphatic heterocycles. The Morgan fingerprint density at radius 2 is 1.65 bits per heavy atom. The lowest BCUT2D eigenvalue weighted by Gasteiger charge is -2.54. The second kappa shape index (κ2) is 4.59. The van der Waals surface area contributed by atoms with Gasteiger partial charge < -0.3 is 5.73 Å². The zero-order valence-corrected chi connectivity index (χ0v) is 12.8. The molecular weight excluding hydrogens is 246 g/mol. The predicted molar refractivity (Wildman–Crippen MR) is 80.5 cm³/mol. The highest BCUT2D eigenvalue weighted by Crippen LogP contribution is 2.58. The SMILES string of the molecule is Cc1nn(C2C3CC4CC(C3)CC2C4)c(C)c1CCN. The lowest BCUT2D eigenvalue weighted by molar-refractivity contribution is -0.0344. The largest absolute Gasteiger partial charge is 0.330 e. The van der Waals surface area contributed by atoms with Gasteiger partial charge in [-0.15, -0.1) is 0 Å². The third kappa shape index (κ3) is 1.78. The molecule has 0 spiro atoms. The second-order valence-corrected chi connectivity index (χ2v) is 7.55. The zero-order chi connectivity index (χ0) is 13.9. The van der Waals surface area contributed by atoms with Gasteiger partial charge in [-0.1, -0.05) is 0 Å². The quantitative estimate of drug-likeness (QED) is 0.920. The molecule has 4 bridgehead atoms. The summed E-state index contributed by atoms with van der Waals surface area (Å²) in [6.45, 7) is 5.15. The summed E-state index contributed by atoms with van der Waals surface area (Å²) in [6, 6.07) is 0.688. The minimum atomic E-state index is 0.688. The summed E-state index contributed by atoms with van der Waals surface area (Å²) < 4.78 is 2.41. The number of rotatable bonds is 3. The van der Waals surface area contributed by atoms with Crippen LogP contribution in [0.5, 0.6) is 0 Å². The van der Waals surface area contributed by atoms with Crippen molar-refractivity contribution in [3.8, 4) is 0 Å². The first kappa shape index (κ1) is 12.9. The fourth-order valence-corrected chi connectivity index (χ4v) is 5.79. The summed E-state index contributed by atoms with van der Waals surface area (Å²) in [5, 5.41) is 4.94. The van der Waals surface area contributed by atoms with Crippen molar-refractivity contribution < 1.29 is 0 Å². The van der Waals surface area contributed by atoms with Gasteiger partial charge in [-0.25, -0.2) is 0 Å². The van der Waals surface area contributed by atoms with E-state index in [1.54, 1.807) is 0 Å². The minimum absolute atomic E-state index is 0.688. The summed E-state index contributed by atoms with van der Waals surface area (Å²) in [6.07, 6.45) is 8.34. The molecule has 20 heavy (non-hydrogen) atoms. The van der Waals surface area contributed by atoms with Gasteiger partial charge in [0.25, 0.3) is 0 Å². The molecule has 0 amide bonds. The second-order valence-electron chi connectivity index (χ2n) is 7.55. The number of nitrogens with two attached hydrogens (primary N) is 1. The standard InChI is InChI=1S/C17H27N3/c1-10-16(3-4-18)11(2)20(19-10)17-14-6-12-5-13(8-14)9-15(17)7-12/h12-15,17H,3-9,18H2,1-2H3. The summed E-state index contributed by atoms with van der Waals surface area (Å²) in [5.41, 5.74) is 9.77. The fourth-order valence-electron chi connectivity index (χ4n) is 5.79. The van der Waals surface area contributed by atoms with Crippen LogP contribution in [0.15, 0.2) is 0 Å². The van der Waals surface area contributed by atoms with Gasteiger partial charge in [-0.3, -0.25) is 4.68 Å². The third-order valence-corrected chi connectivity index (χ3v) is 6.33. The molecule has 5 rings (SSSR count). The van der Waals surface area contributed by atoms with E-state index in [2.05, 4.69) is 18.5 Å². The first-order chi connectivity index (χ1) is 9.67. The molecule has 4 fully saturated rings. The summed E-state index contributed by atoms with van der Waals surface area (Å²) >= 11 is 0. The molecule has 1 aromatic rings. The molecule has 3 heteroatoms. The fraction of sp³-hybridized carbons (Fsp3) is 0.824. The molecule has 0 atom stereocenters. The zero-order valence-electron chi connectivity index (χ0n) is 12.8. The summed E-state index contributed by atoms with van der Waals surface area (Å²) in [5.74, 6) is 3.87. The van der Waals surface area contributed by atoms with Gasteiger partial charge >= 0.3 is 0 Å². The lowest BCUT2D eigenvalue weighted by atomic mass is 9.54. The first-order valence-electron chi connectivity index (χ1n) is 8.42. The topological polar surface area (TPSA) is 43.8 Å². The van der Waals surface area contributed by atoms with E-state index >= 15 is 0 Å². The van der Waals surface area contributed by atoms with E-state index in [9.17, 15) is 0 Å². The maximum Gasteiger partial charge on any atom is 0.0629 e.